The third kappa shape index (κ3) is 4.78. The van der Waals surface area contributed by atoms with Crippen LogP contribution < -0.4 is 10.5 Å². The topological polar surface area (TPSA) is 83.8 Å². The van der Waals surface area contributed by atoms with E-state index < -0.39 is 0 Å². The molecule has 0 spiro atoms. The van der Waals surface area contributed by atoms with Gasteiger partial charge in [-0.2, -0.15) is 10.2 Å². The summed E-state index contributed by atoms with van der Waals surface area (Å²) in [6.45, 7) is 2.83. The summed E-state index contributed by atoms with van der Waals surface area (Å²) in [6.07, 6.45) is 5.99. The molecule has 0 amide bonds. The maximum absolute atomic E-state index is 14.1. The number of halogens is 3. The molecule has 7 nitrogen and oxygen atoms in total. The van der Waals surface area contributed by atoms with Gasteiger partial charge in [0.05, 0.1) is 5.69 Å². The van der Waals surface area contributed by atoms with Crippen molar-refractivity contribution < 1.29 is 9.13 Å². The van der Waals surface area contributed by atoms with Crippen LogP contribution in [-0.4, -0.2) is 24.5 Å². The Morgan fingerprint density at radius 3 is 2.72 bits per heavy atom. The summed E-state index contributed by atoms with van der Waals surface area (Å²) in [5.41, 5.74) is 9.88. The SMILES string of the molecule is CCn1cc(Cc2cn(C)nc2-c2ccc(F)cc2COc2cc(Br)cnc2N)c(Cl)n1. The summed E-state index contributed by atoms with van der Waals surface area (Å²) in [7, 11) is 1.84. The van der Waals surface area contributed by atoms with Crippen molar-refractivity contribution in [2.75, 3.05) is 5.73 Å². The highest BCUT2D eigenvalue weighted by atomic mass is 79.9. The molecule has 1 aromatic carbocycles. The van der Waals surface area contributed by atoms with Crippen LogP contribution in [0.4, 0.5) is 10.2 Å². The molecule has 0 saturated carbocycles. The highest BCUT2D eigenvalue weighted by Crippen LogP contribution is 2.31. The lowest BCUT2D eigenvalue weighted by atomic mass is 9.99. The first-order valence-corrected chi connectivity index (χ1v) is 11.1. The van der Waals surface area contributed by atoms with Gasteiger partial charge >= 0.3 is 0 Å². The Morgan fingerprint density at radius 1 is 1.16 bits per heavy atom. The largest absolute Gasteiger partial charge is 0.485 e. The lowest BCUT2D eigenvalue weighted by Crippen LogP contribution is -2.03. The molecule has 32 heavy (non-hydrogen) atoms. The molecule has 3 heterocycles. The fraction of sp³-hybridized carbons (Fsp3) is 0.227. The van der Waals surface area contributed by atoms with E-state index in [2.05, 4.69) is 31.1 Å². The van der Waals surface area contributed by atoms with E-state index in [9.17, 15) is 4.39 Å². The molecule has 2 N–H and O–H groups in total. The predicted molar refractivity (Wildman–Crippen MR) is 125 cm³/mol. The minimum atomic E-state index is -0.363. The molecule has 4 rings (SSSR count). The van der Waals surface area contributed by atoms with Crippen molar-refractivity contribution in [2.45, 2.75) is 26.5 Å². The molecule has 0 radical (unpaired) electrons. The number of rotatable bonds is 7. The summed E-state index contributed by atoms with van der Waals surface area (Å²) in [5, 5.41) is 9.40. The van der Waals surface area contributed by atoms with Crippen molar-refractivity contribution in [3.8, 4) is 17.0 Å². The van der Waals surface area contributed by atoms with Crippen LogP contribution in [0.15, 0.2) is 47.3 Å². The second-order valence-corrected chi connectivity index (χ2v) is 8.55. The van der Waals surface area contributed by atoms with Gasteiger partial charge < -0.3 is 10.5 Å². The van der Waals surface area contributed by atoms with Crippen LogP contribution in [0.25, 0.3) is 11.3 Å². The van der Waals surface area contributed by atoms with Gasteiger partial charge in [-0.15, -0.1) is 0 Å². The fourth-order valence-corrected chi connectivity index (χ4v) is 3.96. The van der Waals surface area contributed by atoms with Gasteiger partial charge in [-0.3, -0.25) is 9.36 Å². The molecule has 0 fully saturated rings. The summed E-state index contributed by atoms with van der Waals surface area (Å²) in [4.78, 5) is 4.07. The minimum absolute atomic E-state index is 0.0972. The van der Waals surface area contributed by atoms with Gasteiger partial charge in [0.2, 0.25) is 0 Å². The van der Waals surface area contributed by atoms with Crippen LogP contribution in [-0.2, 0) is 26.6 Å². The zero-order chi connectivity index (χ0) is 22.8. The number of aromatic nitrogens is 5. The molecule has 0 saturated heterocycles. The zero-order valence-electron chi connectivity index (χ0n) is 17.5. The maximum atomic E-state index is 14.1. The number of nitrogens with two attached hydrogens (primary N) is 1. The van der Waals surface area contributed by atoms with E-state index in [0.717, 1.165) is 33.4 Å². The molecule has 0 unspecified atom stereocenters. The minimum Gasteiger partial charge on any atom is -0.485 e. The molecular weight excluding hydrogens is 499 g/mol. The van der Waals surface area contributed by atoms with Gasteiger partial charge in [-0.1, -0.05) is 11.6 Å². The lowest BCUT2D eigenvalue weighted by molar-refractivity contribution is 0.306. The first-order chi connectivity index (χ1) is 15.3. The maximum Gasteiger partial charge on any atom is 0.166 e. The first kappa shape index (κ1) is 22.3. The van der Waals surface area contributed by atoms with E-state index in [1.54, 1.807) is 27.7 Å². The van der Waals surface area contributed by atoms with Crippen LogP contribution in [0.5, 0.6) is 5.75 Å². The Hall–Kier alpha value is -2.91. The lowest BCUT2D eigenvalue weighted by Gasteiger charge is -2.12. The van der Waals surface area contributed by atoms with Crippen LogP contribution in [0.3, 0.4) is 0 Å². The molecule has 0 aliphatic heterocycles. The van der Waals surface area contributed by atoms with Gasteiger partial charge in [0, 0.05) is 65.3 Å². The number of pyridine rings is 1. The van der Waals surface area contributed by atoms with Crippen molar-refractivity contribution in [3.63, 3.8) is 0 Å². The van der Waals surface area contributed by atoms with E-state index in [1.807, 2.05) is 26.4 Å². The van der Waals surface area contributed by atoms with Crippen molar-refractivity contribution >= 4 is 33.3 Å². The van der Waals surface area contributed by atoms with Crippen molar-refractivity contribution in [1.82, 2.24) is 24.5 Å². The number of benzene rings is 1. The number of hydrogen-bond acceptors (Lipinski definition) is 5. The Balaban J connectivity index is 1.68. The Kier molecular flexibility index (Phi) is 6.48. The van der Waals surface area contributed by atoms with Crippen LogP contribution in [0.2, 0.25) is 5.15 Å². The zero-order valence-corrected chi connectivity index (χ0v) is 19.9. The second-order valence-electron chi connectivity index (χ2n) is 7.28. The molecule has 0 bridgehead atoms. The predicted octanol–water partition coefficient (Wildman–Crippen LogP) is 5.01. The van der Waals surface area contributed by atoms with Crippen molar-refractivity contribution in [3.05, 3.63) is 75.0 Å². The molecule has 0 atom stereocenters. The van der Waals surface area contributed by atoms with E-state index >= 15 is 0 Å². The number of aryl methyl sites for hydroxylation is 2. The highest BCUT2D eigenvalue weighted by Gasteiger charge is 2.18. The number of nitrogens with zero attached hydrogens (tertiary/aromatic N) is 5. The van der Waals surface area contributed by atoms with E-state index in [-0.39, 0.29) is 18.2 Å². The van der Waals surface area contributed by atoms with Gasteiger partial charge in [-0.05, 0) is 47.1 Å². The number of nitrogen functional groups attached to an aromatic ring is 1. The third-order valence-corrected chi connectivity index (χ3v) is 5.70. The molecule has 4 aromatic rings. The van der Waals surface area contributed by atoms with Crippen LogP contribution >= 0.6 is 27.5 Å². The highest BCUT2D eigenvalue weighted by molar-refractivity contribution is 9.10. The summed E-state index contributed by atoms with van der Waals surface area (Å²) in [5.74, 6) is 0.305. The molecule has 166 valence electrons. The van der Waals surface area contributed by atoms with Gasteiger partial charge in [0.15, 0.2) is 16.7 Å². The molecular formula is C22H21BrClFN6O. The normalized spacial score (nSPS) is 11.2. The summed E-state index contributed by atoms with van der Waals surface area (Å²) >= 11 is 9.68. The van der Waals surface area contributed by atoms with Crippen molar-refractivity contribution in [2.24, 2.45) is 7.05 Å². The standard InChI is InChI=1S/C22H21BrClFN6O/c1-3-31-11-14(21(24)29-31)6-13-10-30(2)28-20(13)18-5-4-17(25)7-15(18)12-32-19-8-16(23)9-27-22(19)26/h4-5,7-11H,3,6,12H2,1-2H3,(H2,26,27). The number of ether oxygens (including phenoxy) is 1. The molecule has 0 aliphatic carbocycles. The smallest absolute Gasteiger partial charge is 0.166 e. The fourth-order valence-electron chi connectivity index (χ4n) is 3.43. The average Bonchev–Trinajstić information content (AvgIpc) is 3.30. The second kappa shape index (κ2) is 9.30. The van der Waals surface area contributed by atoms with Gasteiger partial charge in [0.1, 0.15) is 12.4 Å². The van der Waals surface area contributed by atoms with Crippen LogP contribution in [0.1, 0.15) is 23.6 Å². The quantitative estimate of drug-likeness (QED) is 0.371. The molecule has 0 aliphatic rings. The number of anilines is 1. The summed E-state index contributed by atoms with van der Waals surface area (Å²) in [6, 6.07) is 6.28. The Labute approximate surface area is 198 Å². The first-order valence-electron chi connectivity index (χ1n) is 9.91. The molecule has 3 aromatic heterocycles. The van der Waals surface area contributed by atoms with E-state index in [4.69, 9.17) is 22.1 Å². The van der Waals surface area contributed by atoms with Gasteiger partial charge in [0.25, 0.3) is 0 Å². The average molecular weight is 520 g/mol. The Bertz CT molecular complexity index is 1270. The molecule has 10 heteroatoms. The number of hydrogen-bond donors (Lipinski definition) is 1. The van der Waals surface area contributed by atoms with Crippen molar-refractivity contribution in [1.29, 1.82) is 0 Å². The summed E-state index contributed by atoms with van der Waals surface area (Å²) < 4.78 is 24.3. The monoisotopic (exact) mass is 518 g/mol. The Morgan fingerprint density at radius 2 is 1.97 bits per heavy atom. The van der Waals surface area contributed by atoms with Crippen LogP contribution in [0, 0.1) is 5.82 Å². The van der Waals surface area contributed by atoms with E-state index in [1.165, 1.54) is 12.1 Å². The van der Waals surface area contributed by atoms with Gasteiger partial charge in [-0.25, -0.2) is 9.37 Å². The van der Waals surface area contributed by atoms with E-state index in [0.29, 0.717) is 22.9 Å². The third-order valence-electron chi connectivity index (χ3n) is 4.95.